The van der Waals surface area contributed by atoms with Crippen molar-refractivity contribution in [3.05, 3.63) is 41.0 Å². The van der Waals surface area contributed by atoms with Crippen molar-refractivity contribution >= 4 is 23.2 Å². The van der Waals surface area contributed by atoms with E-state index in [1.807, 2.05) is 71.3 Å². The number of ether oxygens (including phenoxy) is 1. The summed E-state index contributed by atoms with van der Waals surface area (Å²) < 4.78 is 5.52. The number of hydrogen-bond donors (Lipinski definition) is 4. The molecule has 1 aliphatic rings. The number of carbonyl (C=O) groups is 2. The molecule has 0 radical (unpaired) electrons. The first-order chi connectivity index (χ1) is 17.9. The van der Waals surface area contributed by atoms with E-state index in [0.29, 0.717) is 19.1 Å². The molecule has 4 atom stereocenters. The maximum Gasteiger partial charge on any atom is 0.243 e. The number of aliphatic hydroxyl groups is 2. The van der Waals surface area contributed by atoms with E-state index in [0.717, 1.165) is 21.7 Å². The highest BCUT2D eigenvalue weighted by Crippen LogP contribution is 2.28. The Hall–Kier alpha value is -2.37. The average molecular weight is 547 g/mol. The Kier molecular flexibility index (Phi) is 10.4. The SMILES string of the molecule is Cc1ncsc1-c1ccc(CNC(=O)[C@@H]2C[C@@H](O)CN2C(=O)[C@@H](NC(O)COCC(C)C)C(C)(C)C)cc1. The molecule has 0 spiro atoms. The molecule has 9 nitrogen and oxygen atoms in total. The zero-order chi connectivity index (χ0) is 28.0. The van der Waals surface area contributed by atoms with Gasteiger partial charge < -0.3 is 25.2 Å². The predicted octanol–water partition coefficient (Wildman–Crippen LogP) is 2.69. The minimum Gasteiger partial charge on any atom is -0.391 e. The number of carbonyl (C=O) groups excluding carboxylic acids is 2. The van der Waals surface area contributed by atoms with Crippen LogP contribution in [0.3, 0.4) is 0 Å². The lowest BCUT2D eigenvalue weighted by atomic mass is 9.85. The summed E-state index contributed by atoms with van der Waals surface area (Å²) in [5.74, 6) is -0.319. The maximum atomic E-state index is 13.6. The fourth-order valence-corrected chi connectivity index (χ4v) is 5.29. The fourth-order valence-electron chi connectivity index (χ4n) is 4.48. The number of thiazole rings is 1. The summed E-state index contributed by atoms with van der Waals surface area (Å²) >= 11 is 1.59. The van der Waals surface area contributed by atoms with Gasteiger partial charge in [-0.3, -0.25) is 14.9 Å². The molecule has 2 amide bonds. The van der Waals surface area contributed by atoms with Crippen LogP contribution >= 0.6 is 11.3 Å². The molecular weight excluding hydrogens is 504 g/mol. The van der Waals surface area contributed by atoms with Crippen LogP contribution in [0.25, 0.3) is 10.4 Å². The third-order valence-corrected chi connectivity index (χ3v) is 7.47. The van der Waals surface area contributed by atoms with Crippen LogP contribution in [0.1, 0.15) is 52.3 Å². The number of amides is 2. The minimum atomic E-state index is -1.04. The van der Waals surface area contributed by atoms with Gasteiger partial charge in [-0.05, 0) is 29.4 Å². The molecule has 4 N–H and O–H groups in total. The highest BCUT2D eigenvalue weighted by atomic mass is 32.1. The topological polar surface area (TPSA) is 124 Å². The lowest BCUT2D eigenvalue weighted by Crippen LogP contribution is -2.59. The summed E-state index contributed by atoms with van der Waals surface area (Å²) in [6.07, 6.45) is -1.67. The number of aromatic nitrogens is 1. The summed E-state index contributed by atoms with van der Waals surface area (Å²) in [6.45, 7) is 12.6. The minimum absolute atomic E-state index is 0.0476. The van der Waals surface area contributed by atoms with Crippen molar-refractivity contribution < 1.29 is 24.5 Å². The number of hydrogen-bond acceptors (Lipinski definition) is 8. The van der Waals surface area contributed by atoms with Gasteiger partial charge in [-0.15, -0.1) is 11.3 Å². The molecule has 0 saturated carbocycles. The zero-order valence-corrected chi connectivity index (χ0v) is 24.0. The molecule has 1 aliphatic heterocycles. The van der Waals surface area contributed by atoms with Crippen molar-refractivity contribution in [3.8, 4) is 10.4 Å². The Balaban J connectivity index is 1.63. The molecule has 1 fully saturated rings. The first-order valence-electron chi connectivity index (χ1n) is 13.1. The molecule has 2 aromatic rings. The number of rotatable bonds is 11. The Bertz CT molecular complexity index is 1070. The van der Waals surface area contributed by atoms with Gasteiger partial charge in [0.25, 0.3) is 0 Å². The van der Waals surface area contributed by atoms with E-state index in [1.165, 1.54) is 4.90 Å². The lowest BCUT2D eigenvalue weighted by molar-refractivity contribution is -0.143. The molecule has 210 valence electrons. The summed E-state index contributed by atoms with van der Waals surface area (Å²) in [5.41, 5.74) is 4.26. The van der Waals surface area contributed by atoms with Crippen molar-refractivity contribution in [2.24, 2.45) is 11.3 Å². The van der Waals surface area contributed by atoms with Crippen LogP contribution in [0.4, 0.5) is 0 Å². The molecule has 1 aromatic heterocycles. The largest absolute Gasteiger partial charge is 0.391 e. The van der Waals surface area contributed by atoms with E-state index in [2.05, 4.69) is 15.6 Å². The van der Waals surface area contributed by atoms with Crippen molar-refractivity contribution in [2.45, 2.75) is 78.9 Å². The van der Waals surface area contributed by atoms with E-state index in [1.54, 1.807) is 11.3 Å². The van der Waals surface area contributed by atoms with Gasteiger partial charge in [0.15, 0.2) is 0 Å². The zero-order valence-electron chi connectivity index (χ0n) is 23.2. The molecule has 1 saturated heterocycles. The van der Waals surface area contributed by atoms with Crippen LogP contribution in [0, 0.1) is 18.3 Å². The quantitative estimate of drug-likeness (QED) is 0.320. The second-order valence-corrected chi connectivity index (χ2v) is 12.3. The van der Waals surface area contributed by atoms with Crippen LogP contribution in [0.2, 0.25) is 0 Å². The van der Waals surface area contributed by atoms with Gasteiger partial charge in [0.2, 0.25) is 11.8 Å². The molecule has 0 aliphatic carbocycles. The third-order valence-electron chi connectivity index (χ3n) is 6.49. The monoisotopic (exact) mass is 546 g/mol. The first kappa shape index (κ1) is 30.2. The van der Waals surface area contributed by atoms with Crippen LogP contribution in [0.5, 0.6) is 0 Å². The number of benzene rings is 1. The van der Waals surface area contributed by atoms with Gasteiger partial charge in [-0.2, -0.15) is 0 Å². The van der Waals surface area contributed by atoms with Gasteiger partial charge in [0, 0.05) is 26.1 Å². The number of nitrogens with one attached hydrogen (secondary N) is 2. The normalized spacial score (nSPS) is 19.6. The highest BCUT2D eigenvalue weighted by Gasteiger charge is 2.44. The van der Waals surface area contributed by atoms with Crippen LogP contribution in [-0.2, 0) is 20.9 Å². The van der Waals surface area contributed by atoms with Gasteiger partial charge in [-0.1, -0.05) is 58.9 Å². The van der Waals surface area contributed by atoms with Crippen LogP contribution < -0.4 is 10.6 Å². The summed E-state index contributed by atoms with van der Waals surface area (Å²) in [7, 11) is 0. The number of nitrogens with zero attached hydrogens (tertiary/aromatic N) is 2. The van der Waals surface area contributed by atoms with Crippen LogP contribution in [0.15, 0.2) is 29.8 Å². The number of aryl methyl sites for hydroxylation is 1. The average Bonchev–Trinajstić information content (AvgIpc) is 3.45. The van der Waals surface area contributed by atoms with Crippen LogP contribution in [-0.4, -0.2) is 76.1 Å². The molecule has 3 rings (SSSR count). The van der Waals surface area contributed by atoms with Crippen molar-refractivity contribution in [1.82, 2.24) is 20.5 Å². The Morgan fingerprint density at radius 3 is 2.47 bits per heavy atom. The summed E-state index contributed by atoms with van der Waals surface area (Å²) in [6, 6.07) is 6.37. The molecule has 2 heterocycles. The number of β-amino-alcohol motifs (C(OH)–C–C–N with tert-alkyl or cyclic N) is 1. The van der Waals surface area contributed by atoms with E-state index >= 15 is 0 Å². The van der Waals surface area contributed by atoms with Crippen molar-refractivity contribution in [2.75, 3.05) is 19.8 Å². The van der Waals surface area contributed by atoms with Gasteiger partial charge in [-0.25, -0.2) is 4.98 Å². The maximum absolute atomic E-state index is 13.6. The fraction of sp³-hybridized carbons (Fsp3) is 0.607. The van der Waals surface area contributed by atoms with Crippen molar-refractivity contribution in [1.29, 1.82) is 0 Å². The summed E-state index contributed by atoms with van der Waals surface area (Å²) in [4.78, 5) is 33.6. The van der Waals surface area contributed by atoms with Crippen molar-refractivity contribution in [3.63, 3.8) is 0 Å². The second-order valence-electron chi connectivity index (χ2n) is 11.5. The highest BCUT2D eigenvalue weighted by molar-refractivity contribution is 7.13. The number of aliphatic hydroxyl groups excluding tert-OH is 2. The number of likely N-dealkylation sites (tertiary alicyclic amines) is 1. The van der Waals surface area contributed by atoms with E-state index in [4.69, 9.17) is 4.74 Å². The second kappa shape index (κ2) is 13.1. The lowest BCUT2D eigenvalue weighted by Gasteiger charge is -2.36. The predicted molar refractivity (Wildman–Crippen MR) is 148 cm³/mol. The Morgan fingerprint density at radius 2 is 1.89 bits per heavy atom. The van der Waals surface area contributed by atoms with Gasteiger partial charge in [0.1, 0.15) is 12.3 Å². The van der Waals surface area contributed by atoms with E-state index in [9.17, 15) is 19.8 Å². The molecule has 0 bridgehead atoms. The first-order valence-corrected chi connectivity index (χ1v) is 14.0. The molecular formula is C28H42N4O5S. The molecule has 10 heteroatoms. The molecule has 1 aromatic carbocycles. The Labute approximate surface area is 229 Å². The van der Waals surface area contributed by atoms with Gasteiger partial charge >= 0.3 is 0 Å². The van der Waals surface area contributed by atoms with E-state index < -0.39 is 29.8 Å². The molecule has 38 heavy (non-hydrogen) atoms. The smallest absolute Gasteiger partial charge is 0.243 e. The Morgan fingerprint density at radius 1 is 1.21 bits per heavy atom. The van der Waals surface area contributed by atoms with Gasteiger partial charge in [0.05, 0.1) is 34.8 Å². The third kappa shape index (κ3) is 8.07. The van der Waals surface area contributed by atoms with E-state index in [-0.39, 0.29) is 31.4 Å². The molecule has 1 unspecified atom stereocenters. The standard InChI is InChI=1S/C28H42N4O5S/c1-17(2)14-37-15-23(34)31-25(28(4,5)6)27(36)32-13-21(33)11-22(32)26(35)29-12-19-7-9-20(10-8-19)24-18(3)30-16-38-24/h7-10,16-17,21-23,25,31,33-34H,11-15H2,1-6H3,(H,29,35)/t21-,22+,23?,25-/m1/s1. The summed E-state index contributed by atoms with van der Waals surface area (Å²) in [5, 5.41) is 26.8.